The molecule has 0 heterocycles. The fraction of sp³-hybridized carbons (Fsp3) is 0.255. The van der Waals surface area contributed by atoms with Crippen molar-refractivity contribution in [3.8, 4) is 23.0 Å². The molecule has 1 unspecified atom stereocenters. The van der Waals surface area contributed by atoms with E-state index in [2.05, 4.69) is 0 Å². The minimum absolute atomic E-state index is 0.0627. The van der Waals surface area contributed by atoms with Gasteiger partial charge in [0.05, 0.1) is 30.3 Å². The Morgan fingerprint density at radius 1 is 0.536 bits per heavy atom. The third kappa shape index (κ3) is 17.6. The number of hydrogen-bond donors (Lipinski definition) is 4. The SMILES string of the molecule is Nc1cc(N)cc(C(CC(=O)C=Cc2ccc(OC(=O)c3ccc(OCCCCC(F)(F)F)cc3)cc2)C(O)(O)C(=O)C=Cc2ccc(OC(=O)c3ccc(OCCCCC(F)(F)F)cc3)cc2)c1. The highest BCUT2D eigenvalue weighted by Gasteiger charge is 2.42. The van der Waals surface area contributed by atoms with Gasteiger partial charge in [-0.25, -0.2) is 9.59 Å². The Kier molecular flexibility index (Phi) is 18.3. The minimum Gasteiger partial charge on any atom is -0.494 e. The van der Waals surface area contributed by atoms with Crippen molar-refractivity contribution in [1.82, 2.24) is 0 Å². The van der Waals surface area contributed by atoms with E-state index in [-0.39, 0.29) is 78.5 Å². The number of carbonyl (C=O) groups excluding carboxylic acids is 4. The molecular weight excluding hydrogens is 915 g/mol. The maximum absolute atomic E-state index is 13.4. The van der Waals surface area contributed by atoms with Crippen LogP contribution in [0.2, 0.25) is 0 Å². The molecule has 0 fully saturated rings. The number of benzene rings is 5. The monoisotopic (exact) mass is 962 g/mol. The lowest BCUT2D eigenvalue weighted by Crippen LogP contribution is -2.44. The molecule has 0 aliphatic carbocycles. The van der Waals surface area contributed by atoms with Crippen LogP contribution >= 0.6 is 0 Å². The van der Waals surface area contributed by atoms with Crippen LogP contribution in [0.5, 0.6) is 23.0 Å². The topological polar surface area (TPSA) is 198 Å². The van der Waals surface area contributed by atoms with Gasteiger partial charge in [-0.3, -0.25) is 9.59 Å². The molecule has 5 aromatic carbocycles. The summed E-state index contributed by atoms with van der Waals surface area (Å²) in [4.78, 5) is 52.2. The zero-order valence-corrected chi connectivity index (χ0v) is 36.8. The van der Waals surface area contributed by atoms with Gasteiger partial charge in [0.25, 0.3) is 0 Å². The first-order valence-corrected chi connectivity index (χ1v) is 21.4. The van der Waals surface area contributed by atoms with Crippen LogP contribution in [0.1, 0.15) is 88.3 Å². The summed E-state index contributed by atoms with van der Waals surface area (Å²) in [5.74, 6) is -6.80. The van der Waals surface area contributed by atoms with Crippen molar-refractivity contribution in [2.75, 3.05) is 24.7 Å². The standard InChI is InChI=1S/C51H48F6N2O10/c52-49(53,54)25-1-3-27-66-41-20-11-35(12-21-41)47(62)68-43-16-6-33(7-17-43)5-15-40(60)32-45(37-29-38(58)31-39(59)30-37)51(64,65)46(61)24-10-34-8-18-44(19-9-34)69-48(63)36-13-22-42(23-14-36)67-28-4-2-26-50(55,56)57/h5-24,29-31,45,64-65H,1-4,25-28,32,58-59H2. The van der Waals surface area contributed by atoms with Gasteiger partial charge in [-0.1, -0.05) is 36.4 Å². The second-order valence-corrected chi connectivity index (χ2v) is 15.7. The Bertz CT molecular complexity index is 2560. The summed E-state index contributed by atoms with van der Waals surface area (Å²) in [6, 6.07) is 27.8. The fourth-order valence-corrected chi connectivity index (χ4v) is 6.56. The first kappa shape index (κ1) is 52.5. The molecule has 5 rings (SSSR count). The van der Waals surface area contributed by atoms with Crippen LogP contribution in [0.3, 0.4) is 0 Å². The van der Waals surface area contributed by atoms with Crippen LogP contribution in [0, 0.1) is 0 Å². The van der Waals surface area contributed by atoms with Crippen LogP contribution < -0.4 is 30.4 Å². The van der Waals surface area contributed by atoms with Crippen molar-refractivity contribution in [2.45, 2.75) is 69.0 Å². The Hall–Kier alpha value is -7.44. The minimum atomic E-state index is -4.22. The van der Waals surface area contributed by atoms with E-state index in [1.807, 2.05) is 0 Å². The van der Waals surface area contributed by atoms with Gasteiger partial charge in [0, 0.05) is 30.6 Å². The van der Waals surface area contributed by atoms with Gasteiger partial charge in [-0.2, -0.15) is 26.3 Å². The number of aliphatic hydroxyl groups is 2. The second-order valence-electron chi connectivity index (χ2n) is 15.7. The number of alkyl halides is 6. The van der Waals surface area contributed by atoms with Crippen LogP contribution in [-0.4, -0.2) is 65.1 Å². The number of allylic oxidation sites excluding steroid dienone is 1. The molecule has 0 aliphatic heterocycles. The van der Waals surface area contributed by atoms with E-state index in [4.69, 9.17) is 30.4 Å². The number of ether oxygens (including phenoxy) is 4. The molecule has 0 aromatic heterocycles. The zero-order valence-electron chi connectivity index (χ0n) is 36.8. The second kappa shape index (κ2) is 24.0. The van der Waals surface area contributed by atoms with Crippen LogP contribution in [0.15, 0.2) is 127 Å². The molecule has 69 heavy (non-hydrogen) atoms. The first-order chi connectivity index (χ1) is 32.6. The summed E-state index contributed by atoms with van der Waals surface area (Å²) < 4.78 is 95.6. The Balaban J connectivity index is 1.15. The summed E-state index contributed by atoms with van der Waals surface area (Å²) >= 11 is 0. The van der Waals surface area contributed by atoms with E-state index in [1.54, 1.807) is 12.1 Å². The lowest BCUT2D eigenvalue weighted by molar-refractivity contribution is -0.187. The van der Waals surface area contributed by atoms with Crippen LogP contribution in [-0.2, 0) is 9.59 Å². The predicted octanol–water partition coefficient (Wildman–Crippen LogP) is 10.2. The van der Waals surface area contributed by atoms with Crippen molar-refractivity contribution in [3.63, 3.8) is 0 Å². The number of halogens is 6. The average Bonchev–Trinajstić information content (AvgIpc) is 3.29. The largest absolute Gasteiger partial charge is 0.494 e. The Morgan fingerprint density at radius 3 is 1.33 bits per heavy atom. The highest BCUT2D eigenvalue weighted by Crippen LogP contribution is 2.35. The first-order valence-electron chi connectivity index (χ1n) is 21.4. The predicted molar refractivity (Wildman–Crippen MR) is 244 cm³/mol. The maximum Gasteiger partial charge on any atom is 0.389 e. The van der Waals surface area contributed by atoms with Crippen molar-refractivity contribution < 1.29 is 74.7 Å². The van der Waals surface area contributed by atoms with Gasteiger partial charge in [-0.15, -0.1) is 0 Å². The number of hydrogen-bond acceptors (Lipinski definition) is 12. The number of carbonyl (C=O) groups is 4. The van der Waals surface area contributed by atoms with Crippen molar-refractivity contribution in [1.29, 1.82) is 0 Å². The van der Waals surface area contributed by atoms with Crippen molar-refractivity contribution >= 4 is 47.0 Å². The van der Waals surface area contributed by atoms with Gasteiger partial charge in [0.15, 0.2) is 5.78 Å². The number of anilines is 2. The van der Waals surface area contributed by atoms with Crippen LogP contribution in [0.25, 0.3) is 12.2 Å². The molecule has 0 saturated carbocycles. The van der Waals surface area contributed by atoms with Gasteiger partial charge in [0.1, 0.15) is 23.0 Å². The molecule has 0 spiro atoms. The number of rotatable bonds is 23. The average molecular weight is 963 g/mol. The molecule has 0 aliphatic rings. The summed E-state index contributed by atoms with van der Waals surface area (Å²) in [6.45, 7) is 0.161. The van der Waals surface area contributed by atoms with E-state index >= 15 is 0 Å². The van der Waals surface area contributed by atoms with E-state index in [1.165, 1.54) is 121 Å². The summed E-state index contributed by atoms with van der Waals surface area (Å²) in [6.07, 6.45) is -5.72. The molecule has 12 nitrogen and oxygen atoms in total. The third-order valence-corrected chi connectivity index (χ3v) is 10.2. The molecule has 6 N–H and O–H groups in total. The maximum atomic E-state index is 13.4. The number of ketones is 2. The summed E-state index contributed by atoms with van der Waals surface area (Å²) in [7, 11) is 0. The van der Waals surface area contributed by atoms with Crippen molar-refractivity contribution in [2.24, 2.45) is 0 Å². The Labute approximate surface area is 392 Å². The molecular formula is C51H48F6N2O10. The smallest absolute Gasteiger partial charge is 0.389 e. The molecule has 0 bridgehead atoms. The van der Waals surface area contributed by atoms with Gasteiger partial charge in [0.2, 0.25) is 11.6 Å². The molecule has 18 heteroatoms. The number of unbranched alkanes of at least 4 members (excludes halogenated alkanes) is 2. The summed E-state index contributed by atoms with van der Waals surface area (Å²) in [5, 5.41) is 22.7. The number of nitrogen functional groups attached to an aromatic ring is 2. The third-order valence-electron chi connectivity index (χ3n) is 10.2. The van der Waals surface area contributed by atoms with Gasteiger partial charge < -0.3 is 40.6 Å². The van der Waals surface area contributed by atoms with E-state index in [0.717, 1.165) is 6.08 Å². The number of esters is 2. The van der Waals surface area contributed by atoms with Gasteiger partial charge in [-0.05, 0) is 146 Å². The fourth-order valence-electron chi connectivity index (χ4n) is 6.56. The van der Waals surface area contributed by atoms with E-state index in [0.29, 0.717) is 22.6 Å². The molecule has 0 saturated heterocycles. The lowest BCUT2D eigenvalue weighted by Gasteiger charge is -2.29. The van der Waals surface area contributed by atoms with E-state index in [9.17, 15) is 55.7 Å². The molecule has 1 atom stereocenters. The number of nitrogens with two attached hydrogens (primary N) is 2. The zero-order chi connectivity index (χ0) is 50.2. The summed E-state index contributed by atoms with van der Waals surface area (Å²) in [5.41, 5.74) is 13.6. The van der Waals surface area contributed by atoms with Crippen molar-refractivity contribution in [3.05, 3.63) is 155 Å². The van der Waals surface area contributed by atoms with Crippen LogP contribution in [0.4, 0.5) is 37.7 Å². The highest BCUT2D eigenvalue weighted by atomic mass is 19.4. The lowest BCUT2D eigenvalue weighted by atomic mass is 9.83. The molecule has 0 amide bonds. The highest BCUT2D eigenvalue weighted by molar-refractivity contribution is 6.01. The molecule has 0 radical (unpaired) electrons. The quantitative estimate of drug-likeness (QED) is 0.00921. The molecule has 5 aromatic rings. The van der Waals surface area contributed by atoms with E-state index < -0.39 is 66.8 Å². The normalized spacial score (nSPS) is 12.5. The van der Waals surface area contributed by atoms with Gasteiger partial charge >= 0.3 is 24.3 Å². The Morgan fingerprint density at radius 2 is 0.928 bits per heavy atom. The molecule has 364 valence electrons.